The molecule has 0 saturated carbocycles. The van der Waals surface area contributed by atoms with E-state index in [2.05, 4.69) is 34.7 Å². The van der Waals surface area contributed by atoms with Gasteiger partial charge in [0, 0.05) is 48.7 Å². The van der Waals surface area contributed by atoms with E-state index in [4.69, 9.17) is 4.74 Å². The average Bonchev–Trinajstić information content (AvgIpc) is 3.43. The highest BCUT2D eigenvalue weighted by molar-refractivity contribution is 7.10. The lowest BCUT2D eigenvalue weighted by molar-refractivity contribution is -0.118. The van der Waals surface area contributed by atoms with Gasteiger partial charge in [-0.25, -0.2) is 0 Å². The first-order valence-corrected chi connectivity index (χ1v) is 11.5. The molecule has 1 saturated heterocycles. The van der Waals surface area contributed by atoms with Gasteiger partial charge in [0.15, 0.2) is 0 Å². The van der Waals surface area contributed by atoms with Crippen LogP contribution in [0.2, 0.25) is 0 Å². The molecule has 0 radical (unpaired) electrons. The fourth-order valence-electron chi connectivity index (χ4n) is 4.30. The van der Waals surface area contributed by atoms with Crippen molar-refractivity contribution in [3.8, 4) is 0 Å². The molecule has 2 atom stereocenters. The number of hydrogen-bond donors (Lipinski definition) is 1. The summed E-state index contributed by atoms with van der Waals surface area (Å²) in [4.78, 5) is 30.5. The molecule has 2 aliphatic heterocycles. The van der Waals surface area contributed by atoms with Crippen molar-refractivity contribution >= 4 is 28.8 Å². The fraction of sp³-hybridized carbons (Fsp3) is 0.478. The highest BCUT2D eigenvalue weighted by Gasteiger charge is 2.28. The Labute approximate surface area is 181 Å². The van der Waals surface area contributed by atoms with E-state index >= 15 is 0 Å². The Balaban J connectivity index is 1.44. The number of anilines is 1. The number of rotatable bonds is 6. The number of ether oxygens (including phenoxy) is 1. The monoisotopic (exact) mass is 427 g/mol. The zero-order chi connectivity index (χ0) is 21.1. The van der Waals surface area contributed by atoms with Gasteiger partial charge in [-0.2, -0.15) is 0 Å². The SMILES string of the molecule is CCC(=O)N1CCc2cc(C(=O)NC[C@H](c3cccs3)N3CCO[C@@H](C)C3)ccc21. The molecule has 1 fully saturated rings. The summed E-state index contributed by atoms with van der Waals surface area (Å²) in [6.45, 7) is 7.66. The molecule has 6 nitrogen and oxygen atoms in total. The van der Waals surface area contributed by atoms with Gasteiger partial charge in [-0.15, -0.1) is 11.3 Å². The van der Waals surface area contributed by atoms with E-state index in [0.29, 0.717) is 25.1 Å². The maximum absolute atomic E-state index is 12.9. The summed E-state index contributed by atoms with van der Waals surface area (Å²) in [6, 6.07) is 10.0. The van der Waals surface area contributed by atoms with Crippen molar-refractivity contribution in [3.63, 3.8) is 0 Å². The Morgan fingerprint density at radius 2 is 2.17 bits per heavy atom. The third-order valence-corrected chi connectivity index (χ3v) is 6.86. The first-order chi connectivity index (χ1) is 14.6. The Hall–Kier alpha value is -2.22. The average molecular weight is 428 g/mol. The van der Waals surface area contributed by atoms with Crippen LogP contribution in [0.1, 0.15) is 47.1 Å². The third kappa shape index (κ3) is 4.43. The van der Waals surface area contributed by atoms with Crippen molar-refractivity contribution in [1.82, 2.24) is 10.2 Å². The second kappa shape index (κ2) is 9.29. The van der Waals surface area contributed by atoms with Crippen molar-refractivity contribution in [2.75, 3.05) is 37.7 Å². The predicted molar refractivity (Wildman–Crippen MR) is 119 cm³/mol. The molecule has 3 heterocycles. The molecule has 0 unspecified atom stereocenters. The smallest absolute Gasteiger partial charge is 0.251 e. The Kier molecular flexibility index (Phi) is 6.51. The molecule has 0 bridgehead atoms. The van der Waals surface area contributed by atoms with Crippen molar-refractivity contribution in [2.45, 2.75) is 38.8 Å². The number of carbonyl (C=O) groups excluding carboxylic acids is 2. The maximum Gasteiger partial charge on any atom is 0.251 e. The molecule has 1 aromatic heterocycles. The largest absolute Gasteiger partial charge is 0.376 e. The first-order valence-electron chi connectivity index (χ1n) is 10.7. The number of morpholine rings is 1. The second-order valence-electron chi connectivity index (χ2n) is 7.91. The van der Waals surface area contributed by atoms with Crippen molar-refractivity contribution in [3.05, 3.63) is 51.7 Å². The zero-order valence-electron chi connectivity index (χ0n) is 17.6. The van der Waals surface area contributed by atoms with Gasteiger partial charge in [-0.05, 0) is 48.6 Å². The second-order valence-corrected chi connectivity index (χ2v) is 8.89. The summed E-state index contributed by atoms with van der Waals surface area (Å²) < 4.78 is 5.69. The van der Waals surface area contributed by atoms with Crippen LogP contribution in [0.25, 0.3) is 0 Å². The maximum atomic E-state index is 12.9. The van der Waals surface area contributed by atoms with Crippen LogP contribution < -0.4 is 10.2 Å². The lowest BCUT2D eigenvalue weighted by atomic mass is 10.1. The molecular weight excluding hydrogens is 398 g/mol. The number of benzene rings is 1. The van der Waals surface area contributed by atoms with Crippen LogP contribution in [0.3, 0.4) is 0 Å². The predicted octanol–water partition coefficient (Wildman–Crippen LogP) is 3.24. The summed E-state index contributed by atoms with van der Waals surface area (Å²) in [5.74, 6) is 0.0606. The summed E-state index contributed by atoms with van der Waals surface area (Å²) >= 11 is 1.72. The van der Waals surface area contributed by atoms with Crippen LogP contribution in [-0.4, -0.2) is 55.6 Å². The topological polar surface area (TPSA) is 61.9 Å². The van der Waals surface area contributed by atoms with Crippen LogP contribution >= 0.6 is 11.3 Å². The fourth-order valence-corrected chi connectivity index (χ4v) is 5.16. The number of nitrogens with one attached hydrogen (secondary N) is 1. The van der Waals surface area contributed by atoms with Crippen molar-refractivity contribution in [2.24, 2.45) is 0 Å². The van der Waals surface area contributed by atoms with Crippen molar-refractivity contribution in [1.29, 1.82) is 0 Å². The summed E-state index contributed by atoms with van der Waals surface area (Å²) in [5.41, 5.74) is 2.67. The minimum absolute atomic E-state index is 0.0686. The van der Waals surface area contributed by atoms with Crippen LogP contribution in [0, 0.1) is 0 Å². The van der Waals surface area contributed by atoms with Gasteiger partial charge >= 0.3 is 0 Å². The molecule has 1 N–H and O–H groups in total. The summed E-state index contributed by atoms with van der Waals surface area (Å²) in [5, 5.41) is 5.22. The highest BCUT2D eigenvalue weighted by Crippen LogP contribution is 2.30. The molecule has 2 amide bonds. The van der Waals surface area contributed by atoms with E-state index < -0.39 is 0 Å². The molecule has 1 aromatic carbocycles. The number of fused-ring (bicyclic) bond motifs is 1. The first kappa shape index (κ1) is 21.0. The number of carbonyl (C=O) groups is 2. The van der Waals surface area contributed by atoms with E-state index in [-0.39, 0.29) is 24.0 Å². The molecule has 30 heavy (non-hydrogen) atoms. The van der Waals surface area contributed by atoms with E-state index in [1.165, 1.54) is 4.88 Å². The van der Waals surface area contributed by atoms with E-state index in [0.717, 1.165) is 37.4 Å². The third-order valence-electron chi connectivity index (χ3n) is 5.88. The summed E-state index contributed by atoms with van der Waals surface area (Å²) in [6.07, 6.45) is 1.49. The highest BCUT2D eigenvalue weighted by atomic mass is 32.1. The Bertz CT molecular complexity index is 899. The van der Waals surface area contributed by atoms with Gasteiger partial charge in [-0.3, -0.25) is 14.5 Å². The number of thiophene rings is 1. The van der Waals surface area contributed by atoms with Gasteiger partial charge in [0.1, 0.15) is 0 Å². The standard InChI is InChI=1S/C23H29N3O3S/c1-3-22(27)26-9-8-17-13-18(6-7-19(17)26)23(28)24-14-20(21-5-4-12-30-21)25-10-11-29-16(2)15-25/h4-7,12-13,16,20H,3,8-11,14-15H2,1-2H3,(H,24,28)/t16-,20+/m0/s1. The van der Waals surface area contributed by atoms with E-state index in [1.807, 2.05) is 30.0 Å². The molecule has 4 rings (SSSR count). The quantitative estimate of drug-likeness (QED) is 0.769. The van der Waals surface area contributed by atoms with Crippen LogP contribution in [0.4, 0.5) is 5.69 Å². The van der Waals surface area contributed by atoms with Gasteiger partial charge in [-0.1, -0.05) is 13.0 Å². The van der Waals surface area contributed by atoms with Gasteiger partial charge < -0.3 is 15.0 Å². The Morgan fingerprint density at radius 1 is 1.30 bits per heavy atom. The van der Waals surface area contributed by atoms with E-state index in [1.54, 1.807) is 11.3 Å². The molecule has 0 spiro atoms. The number of hydrogen-bond acceptors (Lipinski definition) is 5. The lowest BCUT2D eigenvalue weighted by Gasteiger charge is -2.37. The van der Waals surface area contributed by atoms with Gasteiger partial charge in [0.05, 0.1) is 18.8 Å². The molecule has 7 heteroatoms. The van der Waals surface area contributed by atoms with Crippen LogP contribution in [0.15, 0.2) is 35.7 Å². The van der Waals surface area contributed by atoms with Crippen LogP contribution in [-0.2, 0) is 16.0 Å². The Morgan fingerprint density at radius 3 is 2.90 bits per heavy atom. The number of nitrogens with zero attached hydrogens (tertiary/aromatic N) is 2. The molecule has 0 aliphatic carbocycles. The van der Waals surface area contributed by atoms with Crippen molar-refractivity contribution < 1.29 is 14.3 Å². The van der Waals surface area contributed by atoms with Gasteiger partial charge in [0.25, 0.3) is 5.91 Å². The molecule has 160 valence electrons. The van der Waals surface area contributed by atoms with E-state index in [9.17, 15) is 9.59 Å². The molecule has 2 aromatic rings. The summed E-state index contributed by atoms with van der Waals surface area (Å²) in [7, 11) is 0. The number of amides is 2. The molecular formula is C23H29N3O3S. The lowest BCUT2D eigenvalue weighted by Crippen LogP contribution is -2.46. The minimum Gasteiger partial charge on any atom is -0.376 e. The minimum atomic E-state index is -0.0686. The molecule has 2 aliphatic rings. The zero-order valence-corrected chi connectivity index (χ0v) is 18.4. The van der Waals surface area contributed by atoms with Crippen LogP contribution in [0.5, 0.6) is 0 Å². The normalized spacial score (nSPS) is 20.1. The van der Waals surface area contributed by atoms with Gasteiger partial charge in [0.2, 0.25) is 5.91 Å².